The molecule has 5 nitrogen and oxygen atoms in total. The van der Waals surface area contributed by atoms with Gasteiger partial charge in [-0.15, -0.1) is 0 Å². The van der Waals surface area contributed by atoms with Gasteiger partial charge in [0.05, 0.1) is 11.4 Å². The second kappa shape index (κ2) is 6.66. The number of hydrogen-bond acceptors (Lipinski definition) is 3. The molecule has 8 heteroatoms. The van der Waals surface area contributed by atoms with E-state index in [1.54, 1.807) is 12.1 Å². The van der Waals surface area contributed by atoms with Gasteiger partial charge in [-0.25, -0.2) is 8.78 Å². The Morgan fingerprint density at radius 3 is 2.48 bits per heavy atom. The van der Waals surface area contributed by atoms with E-state index in [2.05, 4.69) is 0 Å². The van der Waals surface area contributed by atoms with Crippen molar-refractivity contribution in [3.05, 3.63) is 63.8 Å². The molecule has 140 valence electrons. The van der Waals surface area contributed by atoms with Gasteiger partial charge in [0.2, 0.25) is 0 Å². The lowest BCUT2D eigenvalue weighted by Crippen LogP contribution is -2.15. The maximum Gasteiger partial charge on any atom is 0.310 e. The Bertz CT molecular complexity index is 1110. The zero-order valence-electron chi connectivity index (χ0n) is 14.3. The fourth-order valence-corrected chi connectivity index (χ4v) is 3.37. The molecule has 3 aromatic rings. The fourth-order valence-electron chi connectivity index (χ4n) is 3.18. The van der Waals surface area contributed by atoms with Gasteiger partial charge >= 0.3 is 5.97 Å². The number of phenols is 1. The third-order valence-electron chi connectivity index (χ3n) is 4.49. The first-order valence-electron chi connectivity index (χ1n) is 7.90. The van der Waals surface area contributed by atoms with Gasteiger partial charge in [0.15, 0.2) is 17.4 Å². The van der Waals surface area contributed by atoms with Gasteiger partial charge < -0.3 is 10.2 Å². The number of carbonyl (C=O) groups is 2. The molecule has 2 N–H and O–H groups in total. The van der Waals surface area contributed by atoms with Crippen molar-refractivity contribution >= 4 is 34.4 Å². The predicted molar refractivity (Wildman–Crippen MR) is 95.5 cm³/mol. The van der Waals surface area contributed by atoms with Crippen LogP contribution in [0.15, 0.2) is 30.3 Å². The summed E-state index contributed by atoms with van der Waals surface area (Å²) >= 11 is 5.91. The molecule has 0 unspecified atom stereocenters. The SMILES string of the molecule is Cc1c([C@@H](C)C(=O)O)c2c(F)c(O)c(F)cc2n1C(=O)c1cccc(Cl)c1. The molecule has 1 aromatic heterocycles. The minimum absolute atomic E-state index is 0.0133. The molecule has 0 saturated carbocycles. The first-order valence-corrected chi connectivity index (χ1v) is 8.27. The molecule has 0 saturated heterocycles. The second-order valence-corrected chi connectivity index (χ2v) is 6.56. The van der Waals surface area contributed by atoms with E-state index in [4.69, 9.17) is 11.6 Å². The Kier molecular flexibility index (Phi) is 4.65. The molecule has 1 atom stereocenters. The summed E-state index contributed by atoms with van der Waals surface area (Å²) in [5.74, 6) is -6.88. The highest BCUT2D eigenvalue weighted by atomic mass is 35.5. The summed E-state index contributed by atoms with van der Waals surface area (Å²) in [6, 6.07) is 6.79. The molecule has 1 heterocycles. The summed E-state index contributed by atoms with van der Waals surface area (Å²) in [5, 5.41) is 19.0. The highest BCUT2D eigenvalue weighted by molar-refractivity contribution is 6.31. The van der Waals surface area contributed by atoms with Crippen molar-refractivity contribution < 1.29 is 28.6 Å². The summed E-state index contributed by atoms with van der Waals surface area (Å²) in [5.41, 5.74) is 0.105. The summed E-state index contributed by atoms with van der Waals surface area (Å²) in [7, 11) is 0. The van der Waals surface area contributed by atoms with Crippen molar-refractivity contribution in [2.75, 3.05) is 0 Å². The van der Waals surface area contributed by atoms with Crippen molar-refractivity contribution in [2.45, 2.75) is 19.8 Å². The Morgan fingerprint density at radius 1 is 1.22 bits per heavy atom. The Morgan fingerprint density at radius 2 is 1.89 bits per heavy atom. The van der Waals surface area contributed by atoms with Crippen LogP contribution in [0, 0.1) is 18.6 Å². The molecule has 0 radical (unpaired) electrons. The summed E-state index contributed by atoms with van der Waals surface area (Å²) in [4.78, 5) is 24.5. The van der Waals surface area contributed by atoms with Gasteiger partial charge in [0, 0.05) is 27.7 Å². The first kappa shape index (κ1) is 18.8. The molecular weight excluding hydrogens is 380 g/mol. The largest absolute Gasteiger partial charge is 0.503 e. The van der Waals surface area contributed by atoms with Crippen LogP contribution in [0.1, 0.15) is 34.5 Å². The number of halogens is 3. The standard InChI is InChI=1S/C19H14ClF2NO4/c1-8(19(26)27)14-9(2)23(18(25)10-4-3-5-11(20)6-10)13-7-12(21)17(24)16(22)15(13)14/h3-8,24H,1-2H3,(H,26,27)/t8-/m1/s1. The number of fused-ring (bicyclic) bond motifs is 1. The number of aromatic hydroxyl groups is 1. The van der Waals surface area contributed by atoms with Crippen LogP contribution in [0.5, 0.6) is 5.75 Å². The minimum Gasteiger partial charge on any atom is -0.503 e. The molecule has 0 aliphatic rings. The van der Waals surface area contributed by atoms with E-state index in [-0.39, 0.29) is 27.7 Å². The van der Waals surface area contributed by atoms with Crippen molar-refractivity contribution in [1.82, 2.24) is 4.57 Å². The normalized spacial score (nSPS) is 12.3. The Hall–Kier alpha value is -2.93. The van der Waals surface area contributed by atoms with E-state index < -0.39 is 35.2 Å². The summed E-state index contributed by atoms with van der Waals surface area (Å²) in [6.45, 7) is 2.75. The van der Waals surface area contributed by atoms with E-state index in [0.29, 0.717) is 5.02 Å². The molecule has 27 heavy (non-hydrogen) atoms. The highest BCUT2D eigenvalue weighted by Crippen LogP contribution is 2.38. The summed E-state index contributed by atoms with van der Waals surface area (Å²) < 4.78 is 29.6. The number of phenolic OH excluding ortho intramolecular Hbond substituents is 1. The molecule has 3 rings (SSSR count). The lowest BCUT2D eigenvalue weighted by Gasteiger charge is -2.09. The molecule has 0 aliphatic heterocycles. The van der Waals surface area contributed by atoms with E-state index in [0.717, 1.165) is 10.6 Å². The number of carboxylic acids is 1. The summed E-state index contributed by atoms with van der Waals surface area (Å²) in [6.07, 6.45) is 0. The van der Waals surface area contributed by atoms with Gasteiger partial charge in [0.1, 0.15) is 0 Å². The van der Waals surface area contributed by atoms with Gasteiger partial charge in [-0.1, -0.05) is 17.7 Å². The van der Waals surface area contributed by atoms with E-state index in [1.165, 1.54) is 26.0 Å². The van der Waals surface area contributed by atoms with Gasteiger partial charge in [-0.05, 0) is 37.6 Å². The molecule has 0 bridgehead atoms. The van der Waals surface area contributed by atoms with Gasteiger partial charge in [-0.2, -0.15) is 0 Å². The molecule has 0 aliphatic carbocycles. The Labute approximate surface area is 157 Å². The van der Waals surface area contributed by atoms with Crippen LogP contribution < -0.4 is 0 Å². The highest BCUT2D eigenvalue weighted by Gasteiger charge is 2.30. The fraction of sp³-hybridized carbons (Fsp3) is 0.158. The van der Waals surface area contributed by atoms with Crippen molar-refractivity contribution in [1.29, 1.82) is 0 Å². The number of aromatic nitrogens is 1. The van der Waals surface area contributed by atoms with Crippen LogP contribution in [-0.2, 0) is 4.79 Å². The molecule has 0 fully saturated rings. The van der Waals surface area contributed by atoms with E-state index in [9.17, 15) is 28.6 Å². The zero-order valence-corrected chi connectivity index (χ0v) is 15.0. The zero-order chi connectivity index (χ0) is 20.0. The quantitative estimate of drug-likeness (QED) is 0.688. The number of aliphatic carboxylic acids is 1. The van der Waals surface area contributed by atoms with Gasteiger partial charge in [-0.3, -0.25) is 14.2 Å². The average molecular weight is 394 g/mol. The van der Waals surface area contributed by atoms with Crippen LogP contribution in [0.4, 0.5) is 8.78 Å². The van der Waals surface area contributed by atoms with Crippen molar-refractivity contribution in [3.63, 3.8) is 0 Å². The number of carbonyl (C=O) groups excluding carboxylic acids is 1. The number of rotatable bonds is 3. The smallest absolute Gasteiger partial charge is 0.310 e. The molecule has 2 aromatic carbocycles. The third-order valence-corrected chi connectivity index (χ3v) is 4.72. The number of benzene rings is 2. The maximum absolute atomic E-state index is 14.6. The van der Waals surface area contributed by atoms with Crippen LogP contribution >= 0.6 is 11.6 Å². The predicted octanol–water partition coefficient (Wildman–Crippen LogP) is 4.46. The lowest BCUT2D eigenvalue weighted by atomic mass is 9.97. The molecule has 0 amide bonds. The molecule has 0 spiro atoms. The van der Waals surface area contributed by atoms with E-state index in [1.807, 2.05) is 0 Å². The lowest BCUT2D eigenvalue weighted by molar-refractivity contribution is -0.138. The first-order chi connectivity index (χ1) is 12.6. The second-order valence-electron chi connectivity index (χ2n) is 6.13. The minimum atomic E-state index is -1.31. The Balaban J connectivity index is 2.41. The van der Waals surface area contributed by atoms with E-state index >= 15 is 0 Å². The van der Waals surface area contributed by atoms with Crippen LogP contribution in [0.2, 0.25) is 5.02 Å². The van der Waals surface area contributed by atoms with Crippen LogP contribution in [0.25, 0.3) is 10.9 Å². The third kappa shape index (κ3) is 2.94. The van der Waals surface area contributed by atoms with Crippen molar-refractivity contribution in [3.8, 4) is 5.75 Å². The van der Waals surface area contributed by atoms with Gasteiger partial charge in [0.25, 0.3) is 5.91 Å². The maximum atomic E-state index is 14.6. The number of hydrogen-bond donors (Lipinski definition) is 2. The number of nitrogens with zero attached hydrogens (tertiary/aromatic N) is 1. The van der Waals surface area contributed by atoms with Crippen molar-refractivity contribution in [2.24, 2.45) is 0 Å². The van der Waals surface area contributed by atoms with Crippen LogP contribution in [0.3, 0.4) is 0 Å². The average Bonchev–Trinajstić information content (AvgIpc) is 2.90. The monoisotopic (exact) mass is 393 g/mol. The topological polar surface area (TPSA) is 79.5 Å². The van der Waals surface area contributed by atoms with Crippen LogP contribution in [-0.4, -0.2) is 26.7 Å². The molecular formula is C19H14ClF2NO4. The number of carboxylic acid groups (broad SMARTS) is 1.